The molecule has 0 aliphatic rings. The van der Waals surface area contributed by atoms with E-state index >= 15 is 0 Å². The van der Waals surface area contributed by atoms with Crippen LogP contribution in [0, 0.1) is 12.7 Å². The number of rotatable bonds is 7. The number of ether oxygens (including phenoxy) is 1. The highest BCUT2D eigenvalue weighted by molar-refractivity contribution is 7.91. The molecule has 0 spiro atoms. The van der Waals surface area contributed by atoms with Crippen LogP contribution in [0.4, 0.5) is 23.4 Å². The molecule has 28 heavy (non-hydrogen) atoms. The maximum absolute atomic E-state index is 14.5. The summed E-state index contributed by atoms with van der Waals surface area (Å²) in [6, 6.07) is 6.63. The van der Waals surface area contributed by atoms with Crippen molar-refractivity contribution in [3.8, 4) is 5.75 Å². The van der Waals surface area contributed by atoms with Gasteiger partial charge in [0.05, 0.1) is 18.4 Å². The Morgan fingerprint density at radius 1 is 1.25 bits per heavy atom. The van der Waals surface area contributed by atoms with E-state index in [1.54, 1.807) is 24.3 Å². The van der Waals surface area contributed by atoms with Crippen molar-refractivity contribution in [3.63, 3.8) is 0 Å². The number of anilines is 1. The summed E-state index contributed by atoms with van der Waals surface area (Å²) in [5, 5.41) is 1.33. The van der Waals surface area contributed by atoms with Crippen molar-refractivity contribution < 1.29 is 30.7 Å². The maximum Gasteiger partial charge on any atom is 0.419 e. The van der Waals surface area contributed by atoms with Gasteiger partial charge in [0.1, 0.15) is 5.75 Å². The summed E-state index contributed by atoms with van der Waals surface area (Å²) in [6.07, 6.45) is -4.14. The molecule has 0 unspecified atom stereocenters. The molecule has 0 aliphatic carbocycles. The molecule has 2 aromatic rings. The highest BCUT2D eigenvalue weighted by Crippen LogP contribution is 2.38. The van der Waals surface area contributed by atoms with Crippen LogP contribution >= 0.6 is 0 Å². The summed E-state index contributed by atoms with van der Waals surface area (Å²) in [6.45, 7) is 4.11. The summed E-state index contributed by atoms with van der Waals surface area (Å²) in [5.74, 6) is -2.01. The summed E-state index contributed by atoms with van der Waals surface area (Å²) in [7, 11) is -2.96. The molecule has 1 heterocycles. The Balaban J connectivity index is 2.50. The molecule has 0 aliphatic heterocycles. The second kappa shape index (κ2) is 8.17. The number of pyridine rings is 1. The molecule has 0 bridgehead atoms. The van der Waals surface area contributed by atoms with Crippen LogP contribution in [0.2, 0.25) is 0 Å². The van der Waals surface area contributed by atoms with Gasteiger partial charge < -0.3 is 10.1 Å². The molecule has 0 fully saturated rings. The number of methoxy groups -OCH3 is 1. The normalized spacial score (nSPS) is 11.9. The average molecular weight is 418 g/mol. The van der Waals surface area contributed by atoms with Crippen molar-refractivity contribution in [1.82, 2.24) is 4.98 Å². The summed E-state index contributed by atoms with van der Waals surface area (Å²) >= 11 is 0. The van der Waals surface area contributed by atoms with Crippen molar-refractivity contribution in [1.29, 1.82) is 0 Å². The molecule has 2 rings (SSSR count). The zero-order valence-corrected chi connectivity index (χ0v) is 15.9. The number of hydrogen-bond acceptors (Lipinski definition) is 5. The zero-order chi connectivity index (χ0) is 21.1. The van der Waals surface area contributed by atoms with Crippen LogP contribution in [-0.4, -0.2) is 26.3 Å². The fraction of sp³-hybridized carbons (Fsp3) is 0.278. The zero-order valence-electron chi connectivity index (χ0n) is 15.1. The van der Waals surface area contributed by atoms with Crippen LogP contribution in [0.5, 0.6) is 5.75 Å². The van der Waals surface area contributed by atoms with Gasteiger partial charge in [-0.05, 0) is 24.6 Å². The highest BCUT2D eigenvalue weighted by atomic mass is 32.2. The third-order valence-electron chi connectivity index (χ3n) is 3.87. The Hall–Kier alpha value is -2.62. The van der Waals surface area contributed by atoms with Gasteiger partial charge in [-0.15, -0.1) is 6.58 Å². The third kappa shape index (κ3) is 4.61. The van der Waals surface area contributed by atoms with Gasteiger partial charge in [0.25, 0.3) is 0 Å². The molecule has 5 nitrogen and oxygen atoms in total. The Labute approximate surface area is 160 Å². The van der Waals surface area contributed by atoms with Crippen molar-refractivity contribution in [2.45, 2.75) is 24.7 Å². The molecular weight excluding hydrogens is 400 g/mol. The van der Waals surface area contributed by atoms with E-state index in [1.165, 1.54) is 7.11 Å². The standard InChI is InChI=1S/C18H18F4N2O3S/c1-4-9-28(25,26)17-14(18(20,21)22)11(2)15(19)16(24-17)23-10-12-5-7-13(27-3)8-6-12/h4-8H,1,9-10H2,2-3H3,(H,23,24). The molecule has 0 radical (unpaired) electrons. The first kappa shape index (κ1) is 21.7. The van der Waals surface area contributed by atoms with E-state index < -0.39 is 49.6 Å². The lowest BCUT2D eigenvalue weighted by Gasteiger charge is -2.18. The van der Waals surface area contributed by atoms with E-state index in [2.05, 4.69) is 16.9 Å². The van der Waals surface area contributed by atoms with E-state index in [4.69, 9.17) is 4.74 Å². The molecule has 0 atom stereocenters. The minimum absolute atomic E-state index is 0.0136. The second-order valence-corrected chi connectivity index (χ2v) is 7.80. The first-order valence-electron chi connectivity index (χ1n) is 7.99. The number of nitrogens with zero attached hydrogens (tertiary/aromatic N) is 1. The van der Waals surface area contributed by atoms with Crippen LogP contribution in [-0.2, 0) is 22.6 Å². The van der Waals surface area contributed by atoms with Gasteiger partial charge in [-0.3, -0.25) is 0 Å². The Morgan fingerprint density at radius 2 is 1.86 bits per heavy atom. The van der Waals surface area contributed by atoms with Gasteiger partial charge in [0.15, 0.2) is 26.5 Å². The summed E-state index contributed by atoms with van der Waals surface area (Å²) < 4.78 is 84.2. The molecular formula is C18H18F4N2O3S. The van der Waals surface area contributed by atoms with E-state index in [0.717, 1.165) is 13.0 Å². The lowest BCUT2D eigenvalue weighted by Crippen LogP contribution is -2.21. The Morgan fingerprint density at radius 3 is 2.36 bits per heavy atom. The summed E-state index contributed by atoms with van der Waals surface area (Å²) in [5.41, 5.74) is -1.79. The number of aromatic nitrogens is 1. The number of hydrogen-bond donors (Lipinski definition) is 1. The molecule has 0 saturated heterocycles. The van der Waals surface area contributed by atoms with E-state index in [-0.39, 0.29) is 6.54 Å². The largest absolute Gasteiger partial charge is 0.497 e. The quantitative estimate of drug-likeness (QED) is 0.541. The van der Waals surface area contributed by atoms with Crippen LogP contribution in [0.3, 0.4) is 0 Å². The average Bonchev–Trinajstić information content (AvgIpc) is 2.61. The SMILES string of the molecule is C=CCS(=O)(=O)c1nc(NCc2ccc(OC)cc2)c(F)c(C)c1C(F)(F)F. The topological polar surface area (TPSA) is 68.3 Å². The second-order valence-electron chi connectivity index (χ2n) is 5.85. The lowest BCUT2D eigenvalue weighted by molar-refractivity contribution is -0.141. The van der Waals surface area contributed by atoms with Crippen molar-refractivity contribution in [2.75, 3.05) is 18.2 Å². The Kier molecular flexibility index (Phi) is 6.33. The number of benzene rings is 1. The van der Waals surface area contributed by atoms with Crippen LogP contribution in [0.1, 0.15) is 16.7 Å². The van der Waals surface area contributed by atoms with Gasteiger partial charge in [0.2, 0.25) is 0 Å². The molecule has 1 aromatic heterocycles. The predicted molar refractivity (Wildman–Crippen MR) is 96.5 cm³/mol. The van der Waals surface area contributed by atoms with Crippen molar-refractivity contribution >= 4 is 15.7 Å². The van der Waals surface area contributed by atoms with Gasteiger partial charge >= 0.3 is 6.18 Å². The number of alkyl halides is 3. The van der Waals surface area contributed by atoms with Crippen LogP contribution < -0.4 is 10.1 Å². The number of halogens is 4. The smallest absolute Gasteiger partial charge is 0.419 e. The van der Waals surface area contributed by atoms with E-state index in [0.29, 0.717) is 11.3 Å². The fourth-order valence-corrected chi connectivity index (χ4v) is 3.77. The molecule has 152 valence electrons. The molecule has 10 heteroatoms. The number of sulfone groups is 1. The van der Waals surface area contributed by atoms with E-state index in [1.807, 2.05) is 0 Å². The van der Waals surface area contributed by atoms with Gasteiger partial charge in [-0.2, -0.15) is 13.2 Å². The van der Waals surface area contributed by atoms with E-state index in [9.17, 15) is 26.0 Å². The first-order chi connectivity index (χ1) is 13.0. The lowest BCUT2D eigenvalue weighted by atomic mass is 10.1. The Bertz CT molecular complexity index is 972. The maximum atomic E-state index is 14.5. The van der Waals surface area contributed by atoms with Gasteiger partial charge in [0, 0.05) is 12.1 Å². The van der Waals surface area contributed by atoms with Gasteiger partial charge in [-0.25, -0.2) is 17.8 Å². The van der Waals surface area contributed by atoms with Crippen molar-refractivity contribution in [2.24, 2.45) is 0 Å². The minimum atomic E-state index is -5.09. The van der Waals surface area contributed by atoms with Gasteiger partial charge in [-0.1, -0.05) is 18.2 Å². The third-order valence-corrected chi connectivity index (χ3v) is 5.43. The minimum Gasteiger partial charge on any atom is -0.497 e. The summed E-state index contributed by atoms with van der Waals surface area (Å²) in [4.78, 5) is 3.47. The highest BCUT2D eigenvalue weighted by Gasteiger charge is 2.41. The van der Waals surface area contributed by atoms with Crippen LogP contribution in [0.25, 0.3) is 0 Å². The van der Waals surface area contributed by atoms with Crippen LogP contribution in [0.15, 0.2) is 41.9 Å². The predicted octanol–water partition coefficient (Wildman–Crippen LogP) is 4.13. The molecule has 0 saturated carbocycles. The molecule has 1 N–H and O–H groups in total. The van der Waals surface area contributed by atoms with Crippen molar-refractivity contribution in [3.05, 3.63) is 59.4 Å². The number of nitrogens with one attached hydrogen (secondary N) is 1. The molecule has 0 amide bonds. The fourth-order valence-electron chi connectivity index (χ4n) is 2.49. The molecule has 1 aromatic carbocycles. The first-order valence-corrected chi connectivity index (χ1v) is 9.64. The monoisotopic (exact) mass is 418 g/mol.